The summed E-state index contributed by atoms with van der Waals surface area (Å²) in [6, 6.07) is 4.63. The van der Waals surface area contributed by atoms with E-state index in [1.54, 1.807) is 12.1 Å². The van der Waals surface area contributed by atoms with E-state index in [0.29, 0.717) is 17.7 Å². The minimum atomic E-state index is -0.465. The first-order valence-electron chi connectivity index (χ1n) is 5.48. The van der Waals surface area contributed by atoms with E-state index in [-0.39, 0.29) is 12.4 Å². The standard InChI is InChI=1S/C12H16BrFO3/c1-3-15-12(16-4-2)8-17-11-6-5-9(13)7-10(11)14/h5-7,12H,3-4,8H2,1-2H3. The molecule has 5 heteroatoms. The van der Waals surface area contributed by atoms with E-state index in [1.165, 1.54) is 6.07 Å². The van der Waals surface area contributed by atoms with Crippen LogP contribution >= 0.6 is 15.9 Å². The molecule has 1 aromatic rings. The minimum Gasteiger partial charge on any atom is -0.485 e. The molecule has 0 amide bonds. The average Bonchev–Trinajstić information content (AvgIpc) is 2.28. The molecule has 0 N–H and O–H groups in total. The Bertz CT molecular complexity index is 341. The molecular weight excluding hydrogens is 291 g/mol. The molecule has 0 aliphatic carbocycles. The van der Waals surface area contributed by atoms with Crippen LogP contribution in [0.4, 0.5) is 4.39 Å². The Morgan fingerprint density at radius 2 is 1.88 bits per heavy atom. The van der Waals surface area contributed by atoms with Crippen LogP contribution in [0.3, 0.4) is 0 Å². The van der Waals surface area contributed by atoms with Gasteiger partial charge in [-0.15, -0.1) is 0 Å². The van der Waals surface area contributed by atoms with Crippen molar-refractivity contribution in [2.75, 3.05) is 19.8 Å². The van der Waals surface area contributed by atoms with Crippen molar-refractivity contribution in [3.05, 3.63) is 28.5 Å². The van der Waals surface area contributed by atoms with E-state index < -0.39 is 12.1 Å². The highest BCUT2D eigenvalue weighted by atomic mass is 79.9. The molecule has 0 heterocycles. The fourth-order valence-electron chi connectivity index (χ4n) is 1.27. The molecule has 0 radical (unpaired) electrons. The first-order valence-corrected chi connectivity index (χ1v) is 6.27. The van der Waals surface area contributed by atoms with Gasteiger partial charge in [-0.05, 0) is 32.0 Å². The lowest BCUT2D eigenvalue weighted by Gasteiger charge is -2.17. The molecule has 0 unspecified atom stereocenters. The van der Waals surface area contributed by atoms with Crippen LogP contribution in [0.25, 0.3) is 0 Å². The van der Waals surface area contributed by atoms with Crippen molar-refractivity contribution in [2.24, 2.45) is 0 Å². The van der Waals surface area contributed by atoms with Gasteiger partial charge >= 0.3 is 0 Å². The molecule has 0 fully saturated rings. The van der Waals surface area contributed by atoms with Crippen LogP contribution in [0.15, 0.2) is 22.7 Å². The number of ether oxygens (including phenoxy) is 3. The second-order valence-corrected chi connectivity index (χ2v) is 4.14. The van der Waals surface area contributed by atoms with Gasteiger partial charge in [0, 0.05) is 17.7 Å². The largest absolute Gasteiger partial charge is 0.485 e. The summed E-state index contributed by atoms with van der Waals surface area (Å²) in [5.74, 6) is -0.219. The van der Waals surface area contributed by atoms with Gasteiger partial charge in [-0.3, -0.25) is 0 Å². The molecule has 0 atom stereocenters. The molecule has 96 valence electrons. The van der Waals surface area contributed by atoms with Gasteiger partial charge in [0.25, 0.3) is 0 Å². The first-order chi connectivity index (χ1) is 8.17. The molecule has 17 heavy (non-hydrogen) atoms. The second-order valence-electron chi connectivity index (χ2n) is 3.23. The van der Waals surface area contributed by atoms with Crippen molar-refractivity contribution in [1.29, 1.82) is 0 Å². The van der Waals surface area contributed by atoms with Crippen molar-refractivity contribution in [1.82, 2.24) is 0 Å². The molecule has 1 aromatic carbocycles. The Morgan fingerprint density at radius 1 is 1.24 bits per heavy atom. The van der Waals surface area contributed by atoms with E-state index in [4.69, 9.17) is 14.2 Å². The quantitative estimate of drug-likeness (QED) is 0.723. The van der Waals surface area contributed by atoms with E-state index in [0.717, 1.165) is 0 Å². The van der Waals surface area contributed by atoms with Crippen molar-refractivity contribution in [2.45, 2.75) is 20.1 Å². The van der Waals surface area contributed by atoms with Crippen LogP contribution in [0, 0.1) is 5.82 Å². The van der Waals surface area contributed by atoms with Crippen molar-refractivity contribution in [3.8, 4) is 5.75 Å². The highest BCUT2D eigenvalue weighted by molar-refractivity contribution is 9.10. The lowest BCUT2D eigenvalue weighted by Crippen LogP contribution is -2.25. The molecule has 0 spiro atoms. The summed E-state index contributed by atoms with van der Waals surface area (Å²) in [6.45, 7) is 4.95. The van der Waals surface area contributed by atoms with Crippen LogP contribution < -0.4 is 4.74 Å². The van der Waals surface area contributed by atoms with Crippen LogP contribution in [-0.2, 0) is 9.47 Å². The SMILES string of the molecule is CCOC(COc1ccc(Br)cc1F)OCC. The number of benzene rings is 1. The zero-order valence-electron chi connectivity index (χ0n) is 9.91. The molecule has 0 aliphatic heterocycles. The zero-order valence-corrected chi connectivity index (χ0v) is 11.5. The lowest BCUT2D eigenvalue weighted by atomic mass is 10.3. The van der Waals surface area contributed by atoms with Gasteiger partial charge in [-0.1, -0.05) is 15.9 Å². The summed E-state index contributed by atoms with van der Waals surface area (Å²) in [5, 5.41) is 0. The van der Waals surface area contributed by atoms with Gasteiger partial charge in [-0.2, -0.15) is 0 Å². The summed E-state index contributed by atoms with van der Waals surface area (Å²) in [6.07, 6.45) is -0.465. The van der Waals surface area contributed by atoms with Gasteiger partial charge in [0.15, 0.2) is 17.9 Å². The summed E-state index contributed by atoms with van der Waals surface area (Å²) >= 11 is 3.18. The third kappa shape index (κ3) is 5.02. The van der Waals surface area contributed by atoms with E-state index in [9.17, 15) is 4.39 Å². The highest BCUT2D eigenvalue weighted by Gasteiger charge is 2.11. The summed E-state index contributed by atoms with van der Waals surface area (Å²) in [7, 11) is 0. The molecule has 0 aromatic heterocycles. The Hall–Kier alpha value is -0.650. The summed E-state index contributed by atoms with van der Waals surface area (Å²) < 4.78 is 30.0. The molecule has 0 bridgehead atoms. The third-order valence-electron chi connectivity index (χ3n) is 1.97. The van der Waals surface area contributed by atoms with Gasteiger partial charge in [0.1, 0.15) is 6.61 Å². The number of hydrogen-bond acceptors (Lipinski definition) is 3. The molecule has 0 aliphatic rings. The molecular formula is C12H16BrFO3. The maximum absolute atomic E-state index is 13.4. The van der Waals surface area contributed by atoms with Gasteiger partial charge in [-0.25, -0.2) is 4.39 Å². The highest BCUT2D eigenvalue weighted by Crippen LogP contribution is 2.21. The minimum absolute atomic E-state index is 0.167. The first kappa shape index (κ1) is 14.4. The van der Waals surface area contributed by atoms with Crippen LogP contribution in [0.2, 0.25) is 0 Å². The van der Waals surface area contributed by atoms with Gasteiger partial charge in [0.05, 0.1) is 0 Å². The van der Waals surface area contributed by atoms with Crippen molar-refractivity contribution < 1.29 is 18.6 Å². The molecule has 0 saturated carbocycles. The van der Waals surface area contributed by atoms with E-state index >= 15 is 0 Å². The number of rotatable bonds is 7. The third-order valence-corrected chi connectivity index (χ3v) is 2.47. The van der Waals surface area contributed by atoms with E-state index in [2.05, 4.69) is 15.9 Å². The van der Waals surface area contributed by atoms with Crippen LogP contribution in [-0.4, -0.2) is 26.1 Å². The number of halogens is 2. The predicted octanol–water partition coefficient (Wildman–Crippen LogP) is 3.37. The maximum atomic E-state index is 13.4. The lowest BCUT2D eigenvalue weighted by molar-refractivity contribution is -0.152. The Balaban J connectivity index is 2.52. The smallest absolute Gasteiger partial charge is 0.191 e. The summed E-state index contributed by atoms with van der Waals surface area (Å²) in [4.78, 5) is 0. The second kappa shape index (κ2) is 7.63. The molecule has 1 rings (SSSR count). The fourth-order valence-corrected chi connectivity index (χ4v) is 1.60. The van der Waals surface area contributed by atoms with Crippen molar-refractivity contribution >= 4 is 15.9 Å². The van der Waals surface area contributed by atoms with Crippen LogP contribution in [0.5, 0.6) is 5.75 Å². The monoisotopic (exact) mass is 306 g/mol. The Labute approximate surface area is 109 Å². The molecule has 0 saturated heterocycles. The Morgan fingerprint density at radius 3 is 2.41 bits per heavy atom. The van der Waals surface area contributed by atoms with Gasteiger partial charge < -0.3 is 14.2 Å². The normalized spacial score (nSPS) is 10.9. The zero-order chi connectivity index (χ0) is 12.7. The topological polar surface area (TPSA) is 27.7 Å². The average molecular weight is 307 g/mol. The van der Waals surface area contributed by atoms with Crippen molar-refractivity contribution in [3.63, 3.8) is 0 Å². The molecule has 3 nitrogen and oxygen atoms in total. The van der Waals surface area contributed by atoms with Gasteiger partial charge in [0.2, 0.25) is 0 Å². The summed E-state index contributed by atoms with van der Waals surface area (Å²) in [5.41, 5.74) is 0. The Kier molecular flexibility index (Phi) is 6.47. The van der Waals surface area contributed by atoms with E-state index in [1.807, 2.05) is 13.8 Å². The predicted molar refractivity (Wildman–Crippen MR) is 66.6 cm³/mol. The van der Waals surface area contributed by atoms with Crippen LogP contribution in [0.1, 0.15) is 13.8 Å². The fraction of sp³-hybridized carbons (Fsp3) is 0.500. The number of hydrogen-bond donors (Lipinski definition) is 0. The maximum Gasteiger partial charge on any atom is 0.191 e.